The lowest BCUT2D eigenvalue weighted by Gasteiger charge is -2.06. The monoisotopic (exact) mass is 258 g/mol. The molecule has 0 saturated carbocycles. The van der Waals surface area contributed by atoms with E-state index < -0.39 is 5.91 Å². The lowest BCUT2D eigenvalue weighted by molar-refractivity contribution is 0.0947. The van der Waals surface area contributed by atoms with Crippen LogP contribution in [0.3, 0.4) is 0 Å². The molecule has 4 N–H and O–H groups in total. The van der Waals surface area contributed by atoms with Crippen LogP contribution in [0.4, 0.5) is 0 Å². The van der Waals surface area contributed by atoms with E-state index in [-0.39, 0.29) is 21.3 Å². The molecule has 0 aromatic heterocycles. The second-order valence-corrected chi connectivity index (χ2v) is 3.25. The van der Waals surface area contributed by atoms with Gasteiger partial charge in [-0.2, -0.15) is 0 Å². The van der Waals surface area contributed by atoms with Gasteiger partial charge in [0.1, 0.15) is 5.75 Å². The minimum Gasteiger partial charge on any atom is -0.507 e. The van der Waals surface area contributed by atoms with E-state index in [4.69, 9.17) is 5.84 Å². The molecule has 0 saturated heterocycles. The van der Waals surface area contributed by atoms with Crippen LogP contribution in [0.5, 0.6) is 5.75 Å². The Hall–Kier alpha value is -1.40. The van der Waals surface area contributed by atoms with Crippen molar-refractivity contribution in [3.05, 3.63) is 27.7 Å². The molecular formula is C8H7BrN2O3. The standard InChI is InChI=1S/C8H7BrN2O3/c9-7-5(13)2-1-4(3-12)6(7)8(14)11-10/h1-3,13H,10H2,(H,11,14). The van der Waals surface area contributed by atoms with E-state index in [9.17, 15) is 14.7 Å². The summed E-state index contributed by atoms with van der Waals surface area (Å²) in [5, 5.41) is 9.28. The SMILES string of the molecule is NNC(=O)c1c(C=O)ccc(O)c1Br. The number of hydrazine groups is 1. The Labute approximate surface area is 88.0 Å². The second-order valence-electron chi connectivity index (χ2n) is 2.45. The third-order valence-corrected chi connectivity index (χ3v) is 2.44. The van der Waals surface area contributed by atoms with Crippen molar-refractivity contribution in [3.8, 4) is 5.75 Å². The molecule has 6 heteroatoms. The maximum Gasteiger partial charge on any atom is 0.267 e. The molecule has 0 aliphatic heterocycles. The first kappa shape index (κ1) is 10.7. The molecule has 1 aromatic carbocycles. The number of aldehydes is 1. The highest BCUT2D eigenvalue weighted by molar-refractivity contribution is 9.10. The van der Waals surface area contributed by atoms with Crippen molar-refractivity contribution in [3.63, 3.8) is 0 Å². The van der Waals surface area contributed by atoms with E-state index in [1.807, 2.05) is 5.43 Å². The lowest BCUT2D eigenvalue weighted by Crippen LogP contribution is -2.31. The van der Waals surface area contributed by atoms with E-state index in [1.54, 1.807) is 0 Å². The van der Waals surface area contributed by atoms with Gasteiger partial charge >= 0.3 is 0 Å². The van der Waals surface area contributed by atoms with Gasteiger partial charge in [0.25, 0.3) is 5.91 Å². The summed E-state index contributed by atoms with van der Waals surface area (Å²) in [6, 6.07) is 2.64. The number of amides is 1. The zero-order chi connectivity index (χ0) is 10.7. The highest BCUT2D eigenvalue weighted by atomic mass is 79.9. The molecule has 0 atom stereocenters. The van der Waals surface area contributed by atoms with E-state index >= 15 is 0 Å². The molecule has 0 radical (unpaired) electrons. The summed E-state index contributed by atoms with van der Waals surface area (Å²) in [7, 11) is 0. The van der Waals surface area contributed by atoms with Crippen LogP contribution >= 0.6 is 15.9 Å². The van der Waals surface area contributed by atoms with Gasteiger partial charge in [-0.3, -0.25) is 15.0 Å². The number of carbonyl (C=O) groups excluding carboxylic acids is 2. The van der Waals surface area contributed by atoms with Gasteiger partial charge < -0.3 is 5.11 Å². The van der Waals surface area contributed by atoms with Gasteiger partial charge in [0, 0.05) is 5.56 Å². The summed E-state index contributed by atoms with van der Waals surface area (Å²) in [6.45, 7) is 0. The molecule has 0 bridgehead atoms. The molecule has 0 fully saturated rings. The highest BCUT2D eigenvalue weighted by Crippen LogP contribution is 2.29. The zero-order valence-corrected chi connectivity index (χ0v) is 8.54. The van der Waals surface area contributed by atoms with Gasteiger partial charge in [0.2, 0.25) is 0 Å². The summed E-state index contributed by atoms with van der Waals surface area (Å²) in [5.41, 5.74) is 2.05. The van der Waals surface area contributed by atoms with Gasteiger partial charge in [0.15, 0.2) is 6.29 Å². The Morgan fingerprint density at radius 3 is 2.71 bits per heavy atom. The molecule has 0 spiro atoms. The average molecular weight is 259 g/mol. The number of phenols is 1. The second kappa shape index (κ2) is 4.21. The lowest BCUT2D eigenvalue weighted by atomic mass is 10.1. The van der Waals surface area contributed by atoms with Gasteiger partial charge in [-0.25, -0.2) is 5.84 Å². The Bertz CT molecular complexity index is 392. The molecule has 5 nitrogen and oxygen atoms in total. The Kier molecular flexibility index (Phi) is 3.21. The Balaban J connectivity index is 3.42. The highest BCUT2D eigenvalue weighted by Gasteiger charge is 2.16. The van der Waals surface area contributed by atoms with E-state index in [2.05, 4.69) is 15.9 Å². The largest absolute Gasteiger partial charge is 0.507 e. The van der Waals surface area contributed by atoms with Crippen molar-refractivity contribution < 1.29 is 14.7 Å². The number of benzene rings is 1. The maximum atomic E-state index is 11.2. The molecular weight excluding hydrogens is 252 g/mol. The third kappa shape index (κ3) is 1.75. The molecule has 0 aliphatic rings. The van der Waals surface area contributed by atoms with Crippen molar-refractivity contribution in [2.75, 3.05) is 0 Å². The molecule has 1 rings (SSSR count). The van der Waals surface area contributed by atoms with Crippen LogP contribution in [0.15, 0.2) is 16.6 Å². The predicted molar refractivity (Wildman–Crippen MR) is 52.8 cm³/mol. The average Bonchev–Trinajstić information content (AvgIpc) is 2.20. The minimum absolute atomic E-state index is 0.0162. The molecule has 1 amide bonds. The third-order valence-electron chi connectivity index (χ3n) is 1.64. The van der Waals surface area contributed by atoms with Gasteiger partial charge in [-0.1, -0.05) is 0 Å². The summed E-state index contributed by atoms with van der Waals surface area (Å²) in [6.07, 6.45) is 0.509. The van der Waals surface area contributed by atoms with Crippen LogP contribution in [-0.4, -0.2) is 17.3 Å². The number of hydrogen-bond donors (Lipinski definition) is 3. The molecule has 74 valence electrons. The summed E-state index contributed by atoms with van der Waals surface area (Å²) < 4.78 is 0.144. The van der Waals surface area contributed by atoms with Crippen LogP contribution in [0.1, 0.15) is 20.7 Å². The van der Waals surface area contributed by atoms with Gasteiger partial charge in [-0.15, -0.1) is 0 Å². The van der Waals surface area contributed by atoms with Crippen LogP contribution < -0.4 is 11.3 Å². The van der Waals surface area contributed by atoms with Gasteiger partial charge in [-0.05, 0) is 28.1 Å². The van der Waals surface area contributed by atoms with Crippen LogP contribution in [0, 0.1) is 0 Å². The minimum atomic E-state index is -0.644. The van der Waals surface area contributed by atoms with Gasteiger partial charge in [0.05, 0.1) is 10.0 Å². The van der Waals surface area contributed by atoms with Crippen molar-refractivity contribution >= 4 is 28.1 Å². The van der Waals surface area contributed by atoms with Crippen molar-refractivity contribution in [2.24, 2.45) is 5.84 Å². The van der Waals surface area contributed by atoms with Crippen molar-refractivity contribution in [1.29, 1.82) is 0 Å². The topological polar surface area (TPSA) is 92.4 Å². The molecule has 0 aliphatic carbocycles. The first-order chi connectivity index (χ1) is 6.61. The summed E-state index contributed by atoms with van der Waals surface area (Å²) >= 11 is 2.99. The Morgan fingerprint density at radius 1 is 1.57 bits per heavy atom. The number of halogens is 1. The Morgan fingerprint density at radius 2 is 2.21 bits per heavy atom. The number of carbonyl (C=O) groups is 2. The number of aromatic hydroxyl groups is 1. The normalized spacial score (nSPS) is 9.57. The smallest absolute Gasteiger partial charge is 0.267 e. The number of nitrogen functional groups attached to an aromatic ring is 1. The van der Waals surface area contributed by atoms with Crippen LogP contribution in [0.2, 0.25) is 0 Å². The molecule has 14 heavy (non-hydrogen) atoms. The number of phenolic OH excluding ortho intramolecular Hbond substituents is 1. The number of hydrogen-bond acceptors (Lipinski definition) is 4. The summed E-state index contributed by atoms with van der Waals surface area (Å²) in [5.74, 6) is 4.15. The molecule has 0 heterocycles. The molecule has 0 unspecified atom stereocenters. The fraction of sp³-hybridized carbons (Fsp3) is 0. The quantitative estimate of drug-likeness (QED) is 0.313. The number of nitrogens with two attached hydrogens (primary N) is 1. The summed E-state index contributed by atoms with van der Waals surface area (Å²) in [4.78, 5) is 21.8. The van der Waals surface area contributed by atoms with E-state index in [1.165, 1.54) is 12.1 Å². The van der Waals surface area contributed by atoms with Crippen LogP contribution in [0.25, 0.3) is 0 Å². The van der Waals surface area contributed by atoms with Crippen molar-refractivity contribution in [2.45, 2.75) is 0 Å². The van der Waals surface area contributed by atoms with Crippen LogP contribution in [-0.2, 0) is 0 Å². The van der Waals surface area contributed by atoms with E-state index in [0.29, 0.717) is 6.29 Å². The first-order valence-electron chi connectivity index (χ1n) is 3.59. The first-order valence-corrected chi connectivity index (χ1v) is 4.38. The van der Waals surface area contributed by atoms with E-state index in [0.717, 1.165) is 0 Å². The predicted octanol–water partition coefficient (Wildman–Crippen LogP) is 0.571. The maximum absolute atomic E-state index is 11.2. The fourth-order valence-electron chi connectivity index (χ4n) is 0.981. The number of rotatable bonds is 2. The zero-order valence-electron chi connectivity index (χ0n) is 6.95. The van der Waals surface area contributed by atoms with Crippen molar-refractivity contribution in [1.82, 2.24) is 5.43 Å². The molecule has 1 aromatic rings. The number of nitrogens with one attached hydrogen (secondary N) is 1. The fourth-order valence-corrected chi connectivity index (χ4v) is 1.52.